The summed E-state index contributed by atoms with van der Waals surface area (Å²) in [6.07, 6.45) is 1.56. The van der Waals surface area contributed by atoms with Crippen LogP contribution >= 0.6 is 0 Å². The van der Waals surface area contributed by atoms with Gasteiger partial charge in [-0.15, -0.1) is 0 Å². The van der Waals surface area contributed by atoms with Crippen LogP contribution in [-0.4, -0.2) is 28.1 Å². The van der Waals surface area contributed by atoms with E-state index in [1.807, 2.05) is 0 Å². The van der Waals surface area contributed by atoms with E-state index >= 15 is 0 Å². The van der Waals surface area contributed by atoms with E-state index in [1.54, 1.807) is 20.0 Å². The van der Waals surface area contributed by atoms with Crippen molar-refractivity contribution >= 4 is 12.0 Å². The summed E-state index contributed by atoms with van der Waals surface area (Å²) in [5.74, 6) is -0.535. The summed E-state index contributed by atoms with van der Waals surface area (Å²) in [6, 6.07) is -0.916. The zero-order valence-corrected chi connectivity index (χ0v) is 10.6. The molecule has 0 radical (unpaired) electrons. The number of amides is 2. The lowest BCUT2D eigenvalue weighted by atomic mass is 10.0. The van der Waals surface area contributed by atoms with Crippen LogP contribution in [-0.2, 0) is 11.3 Å². The Labute approximate surface area is 105 Å². The number of carbonyl (C=O) groups excluding carboxylic acids is 1. The number of carboxylic acids is 1. The molecular formula is C11H17N3O4. The number of oxazole rings is 1. The Morgan fingerprint density at radius 3 is 2.67 bits per heavy atom. The van der Waals surface area contributed by atoms with Crippen molar-refractivity contribution in [3.63, 3.8) is 0 Å². The number of rotatable bonds is 5. The number of aliphatic carboxylic acids is 1. The lowest BCUT2D eigenvalue weighted by Gasteiger charge is -2.17. The van der Waals surface area contributed by atoms with Crippen LogP contribution in [0.15, 0.2) is 10.6 Å². The van der Waals surface area contributed by atoms with E-state index in [2.05, 4.69) is 15.6 Å². The Morgan fingerprint density at radius 2 is 2.17 bits per heavy atom. The van der Waals surface area contributed by atoms with Gasteiger partial charge in [0.25, 0.3) is 0 Å². The van der Waals surface area contributed by atoms with Crippen molar-refractivity contribution in [1.29, 1.82) is 0 Å². The quantitative estimate of drug-likeness (QED) is 0.724. The third-order valence-corrected chi connectivity index (χ3v) is 2.57. The van der Waals surface area contributed by atoms with Gasteiger partial charge in [0.1, 0.15) is 5.76 Å². The number of aryl methyl sites for hydroxylation is 1. The van der Waals surface area contributed by atoms with E-state index in [4.69, 9.17) is 9.52 Å². The number of hydrogen-bond donors (Lipinski definition) is 3. The maximum Gasteiger partial charge on any atom is 0.315 e. The zero-order valence-electron chi connectivity index (χ0n) is 10.6. The lowest BCUT2D eigenvalue weighted by molar-refractivity contribution is -0.141. The highest BCUT2D eigenvalue weighted by Crippen LogP contribution is 2.03. The summed E-state index contributed by atoms with van der Waals surface area (Å²) in [5, 5.41) is 13.9. The number of carbonyl (C=O) groups is 2. The van der Waals surface area contributed by atoms with Crippen molar-refractivity contribution in [2.75, 3.05) is 0 Å². The van der Waals surface area contributed by atoms with Crippen LogP contribution in [0.3, 0.4) is 0 Å². The number of nitrogens with one attached hydrogen (secondary N) is 2. The minimum Gasteiger partial charge on any atom is -0.481 e. The van der Waals surface area contributed by atoms with Crippen LogP contribution in [0.4, 0.5) is 4.79 Å². The molecule has 0 saturated carbocycles. The summed E-state index contributed by atoms with van der Waals surface area (Å²) in [7, 11) is 0. The molecule has 3 N–H and O–H groups in total. The molecule has 7 nitrogen and oxygen atoms in total. The van der Waals surface area contributed by atoms with Crippen LogP contribution in [0.5, 0.6) is 0 Å². The Bertz CT molecular complexity index is 430. The molecule has 2 atom stereocenters. The summed E-state index contributed by atoms with van der Waals surface area (Å²) >= 11 is 0. The van der Waals surface area contributed by atoms with Crippen LogP contribution in [0.2, 0.25) is 0 Å². The predicted molar refractivity (Wildman–Crippen MR) is 62.9 cm³/mol. The maximum atomic E-state index is 11.5. The first-order chi connectivity index (χ1) is 8.40. The van der Waals surface area contributed by atoms with Crippen molar-refractivity contribution in [2.24, 2.45) is 5.92 Å². The van der Waals surface area contributed by atoms with Gasteiger partial charge in [-0.2, -0.15) is 0 Å². The largest absolute Gasteiger partial charge is 0.481 e. The van der Waals surface area contributed by atoms with Gasteiger partial charge in [0.05, 0.1) is 18.7 Å². The third-order valence-electron chi connectivity index (χ3n) is 2.57. The molecule has 0 aliphatic rings. The van der Waals surface area contributed by atoms with Crippen molar-refractivity contribution < 1.29 is 19.1 Å². The highest BCUT2D eigenvalue weighted by atomic mass is 16.4. The Balaban J connectivity index is 2.35. The Morgan fingerprint density at radius 1 is 1.50 bits per heavy atom. The van der Waals surface area contributed by atoms with Gasteiger partial charge in [-0.1, -0.05) is 0 Å². The molecule has 0 aliphatic carbocycles. The van der Waals surface area contributed by atoms with Crippen molar-refractivity contribution in [1.82, 2.24) is 15.6 Å². The topological polar surface area (TPSA) is 104 Å². The number of urea groups is 1. The lowest BCUT2D eigenvalue weighted by Crippen LogP contribution is -2.45. The van der Waals surface area contributed by atoms with Crippen molar-refractivity contribution in [2.45, 2.75) is 33.4 Å². The molecule has 0 saturated heterocycles. The smallest absolute Gasteiger partial charge is 0.315 e. The Hall–Kier alpha value is -2.05. The SMILES string of the molecule is Cc1cnc(CNC(=O)NC(C)C(C)C(=O)O)o1. The molecule has 1 aromatic rings. The molecule has 100 valence electrons. The van der Waals surface area contributed by atoms with Gasteiger partial charge in [0.2, 0.25) is 5.89 Å². The van der Waals surface area contributed by atoms with Crippen LogP contribution < -0.4 is 10.6 Å². The summed E-state index contributed by atoms with van der Waals surface area (Å²) in [5.41, 5.74) is 0. The molecule has 0 fully saturated rings. The standard InChI is InChI=1S/C11H17N3O4/c1-6-4-12-9(18-6)5-13-11(17)14-8(3)7(2)10(15)16/h4,7-8H,5H2,1-3H3,(H,15,16)(H2,13,14,17). The molecule has 1 aromatic heterocycles. The Kier molecular flexibility index (Phi) is 4.70. The predicted octanol–water partition coefficient (Wildman–Crippen LogP) is 0.891. The second kappa shape index (κ2) is 6.04. The molecule has 0 aliphatic heterocycles. The third kappa shape index (κ3) is 4.08. The first-order valence-electron chi connectivity index (χ1n) is 5.58. The monoisotopic (exact) mass is 255 g/mol. The fourth-order valence-corrected chi connectivity index (χ4v) is 1.24. The van der Waals surface area contributed by atoms with Gasteiger partial charge >= 0.3 is 12.0 Å². The van der Waals surface area contributed by atoms with Gasteiger partial charge in [0, 0.05) is 6.04 Å². The highest BCUT2D eigenvalue weighted by Gasteiger charge is 2.20. The van der Waals surface area contributed by atoms with E-state index in [0.29, 0.717) is 11.7 Å². The molecule has 0 bridgehead atoms. The number of carboxylic acid groups (broad SMARTS) is 1. The fourth-order valence-electron chi connectivity index (χ4n) is 1.24. The summed E-state index contributed by atoms with van der Waals surface area (Å²) in [6.45, 7) is 5.08. The van der Waals surface area contributed by atoms with Gasteiger partial charge < -0.3 is 20.2 Å². The first kappa shape index (κ1) is 14.0. The molecule has 18 heavy (non-hydrogen) atoms. The fraction of sp³-hybridized carbons (Fsp3) is 0.545. The first-order valence-corrected chi connectivity index (χ1v) is 5.58. The van der Waals surface area contributed by atoms with Gasteiger partial charge in [-0.25, -0.2) is 9.78 Å². The minimum atomic E-state index is -0.953. The average Bonchev–Trinajstić information content (AvgIpc) is 2.71. The van der Waals surface area contributed by atoms with E-state index in [-0.39, 0.29) is 6.54 Å². The molecule has 0 spiro atoms. The van der Waals surface area contributed by atoms with Gasteiger partial charge in [-0.3, -0.25) is 4.79 Å². The number of aromatic nitrogens is 1. The molecule has 1 heterocycles. The number of hydrogen-bond acceptors (Lipinski definition) is 4. The molecule has 2 amide bonds. The van der Waals surface area contributed by atoms with Gasteiger partial charge in [0.15, 0.2) is 0 Å². The van der Waals surface area contributed by atoms with E-state index in [1.165, 1.54) is 6.92 Å². The van der Waals surface area contributed by atoms with Crippen LogP contribution in [0.25, 0.3) is 0 Å². The van der Waals surface area contributed by atoms with Crippen molar-refractivity contribution in [3.8, 4) is 0 Å². The molecule has 7 heteroatoms. The normalized spacial score (nSPS) is 13.7. The van der Waals surface area contributed by atoms with Crippen LogP contribution in [0.1, 0.15) is 25.5 Å². The molecular weight excluding hydrogens is 238 g/mol. The van der Waals surface area contributed by atoms with Gasteiger partial charge in [-0.05, 0) is 20.8 Å². The van der Waals surface area contributed by atoms with E-state index in [0.717, 1.165) is 0 Å². The zero-order chi connectivity index (χ0) is 13.7. The second-order valence-electron chi connectivity index (χ2n) is 4.11. The summed E-state index contributed by atoms with van der Waals surface area (Å²) in [4.78, 5) is 26.1. The summed E-state index contributed by atoms with van der Waals surface area (Å²) < 4.78 is 5.18. The average molecular weight is 255 g/mol. The molecule has 0 aromatic carbocycles. The van der Waals surface area contributed by atoms with E-state index in [9.17, 15) is 9.59 Å². The molecule has 2 unspecified atom stereocenters. The second-order valence-corrected chi connectivity index (χ2v) is 4.11. The van der Waals surface area contributed by atoms with E-state index < -0.39 is 24.0 Å². The number of nitrogens with zero attached hydrogens (tertiary/aromatic N) is 1. The maximum absolute atomic E-state index is 11.5. The highest BCUT2D eigenvalue weighted by molar-refractivity contribution is 5.76. The van der Waals surface area contributed by atoms with Crippen molar-refractivity contribution in [3.05, 3.63) is 17.8 Å². The minimum absolute atomic E-state index is 0.161. The molecule has 1 rings (SSSR count). The van der Waals surface area contributed by atoms with Crippen LogP contribution in [0, 0.1) is 12.8 Å².